The van der Waals surface area contributed by atoms with Crippen molar-refractivity contribution in [2.75, 3.05) is 16.9 Å². The molecule has 0 saturated heterocycles. The second-order valence-electron chi connectivity index (χ2n) is 8.50. The van der Waals surface area contributed by atoms with Gasteiger partial charge in [0.2, 0.25) is 0 Å². The van der Waals surface area contributed by atoms with Crippen molar-refractivity contribution in [3.8, 4) is 6.07 Å². The first-order chi connectivity index (χ1) is 15.4. The van der Waals surface area contributed by atoms with Gasteiger partial charge in [0.1, 0.15) is 6.07 Å². The SMILES string of the molecule is CS(=O)(=O)c1cccc(CNc2ccc3ncc(C#N)c(NC4CCCCCC4)c3c2)c1. The highest BCUT2D eigenvalue weighted by Gasteiger charge is 2.16. The third-order valence-corrected chi connectivity index (χ3v) is 7.13. The molecule has 1 aliphatic rings. The van der Waals surface area contributed by atoms with Gasteiger partial charge in [-0.1, -0.05) is 37.8 Å². The van der Waals surface area contributed by atoms with Crippen LogP contribution in [-0.2, 0) is 16.4 Å². The van der Waals surface area contributed by atoms with Gasteiger partial charge < -0.3 is 10.6 Å². The number of aromatic nitrogens is 1. The Morgan fingerprint density at radius 1 is 1.09 bits per heavy atom. The molecule has 0 atom stereocenters. The van der Waals surface area contributed by atoms with Crippen molar-refractivity contribution in [3.05, 3.63) is 59.8 Å². The summed E-state index contributed by atoms with van der Waals surface area (Å²) in [4.78, 5) is 4.78. The summed E-state index contributed by atoms with van der Waals surface area (Å²) in [6.45, 7) is 0.492. The van der Waals surface area contributed by atoms with Gasteiger partial charge in [0.05, 0.1) is 21.7 Å². The number of hydrogen-bond acceptors (Lipinski definition) is 6. The summed E-state index contributed by atoms with van der Waals surface area (Å²) >= 11 is 0. The summed E-state index contributed by atoms with van der Waals surface area (Å²) in [6, 6.07) is 15.5. The molecule has 0 spiro atoms. The van der Waals surface area contributed by atoms with E-state index in [2.05, 4.69) is 21.7 Å². The minimum absolute atomic E-state index is 0.313. The van der Waals surface area contributed by atoms with Gasteiger partial charge in [-0.05, 0) is 48.7 Å². The molecule has 2 N–H and O–H groups in total. The summed E-state index contributed by atoms with van der Waals surface area (Å²) in [6.07, 6.45) is 10.1. The van der Waals surface area contributed by atoms with Crippen LogP contribution in [0.5, 0.6) is 0 Å². The number of sulfone groups is 1. The Labute approximate surface area is 189 Å². The molecule has 166 valence electrons. The number of nitrogens with one attached hydrogen (secondary N) is 2. The van der Waals surface area contributed by atoms with Gasteiger partial charge in [0.25, 0.3) is 0 Å². The standard InChI is InChI=1S/C25H28N4O2S/c1-32(30,31)22-10-6-7-18(13-22)16-27-21-11-12-24-23(14-21)25(19(15-26)17-28-24)29-20-8-4-2-3-5-9-20/h6-7,10-14,17,20,27H,2-5,8-9,16H2,1H3,(H,28,29). The molecule has 0 unspecified atom stereocenters. The minimum Gasteiger partial charge on any atom is -0.381 e. The highest BCUT2D eigenvalue weighted by Crippen LogP contribution is 2.31. The van der Waals surface area contributed by atoms with E-state index >= 15 is 0 Å². The first-order valence-electron chi connectivity index (χ1n) is 11.1. The zero-order valence-corrected chi connectivity index (χ0v) is 19.1. The average molecular weight is 449 g/mol. The maximum Gasteiger partial charge on any atom is 0.175 e. The Bertz CT molecular complexity index is 1260. The lowest BCUT2D eigenvalue weighted by Gasteiger charge is -2.20. The third kappa shape index (κ3) is 5.20. The van der Waals surface area contributed by atoms with E-state index in [1.807, 2.05) is 24.3 Å². The van der Waals surface area contributed by atoms with E-state index in [-0.39, 0.29) is 0 Å². The normalized spacial score (nSPS) is 15.1. The van der Waals surface area contributed by atoms with Crippen LogP contribution >= 0.6 is 0 Å². The monoisotopic (exact) mass is 448 g/mol. The van der Waals surface area contributed by atoms with Crippen LogP contribution in [0.25, 0.3) is 10.9 Å². The van der Waals surface area contributed by atoms with Gasteiger partial charge in [0.15, 0.2) is 9.84 Å². The number of pyridine rings is 1. The molecule has 32 heavy (non-hydrogen) atoms. The van der Waals surface area contributed by atoms with Crippen LogP contribution in [0.4, 0.5) is 11.4 Å². The van der Waals surface area contributed by atoms with Crippen LogP contribution in [0.15, 0.2) is 53.6 Å². The van der Waals surface area contributed by atoms with Crippen molar-refractivity contribution in [1.29, 1.82) is 5.26 Å². The topological polar surface area (TPSA) is 94.9 Å². The molecule has 3 aromatic rings. The van der Waals surface area contributed by atoms with Gasteiger partial charge >= 0.3 is 0 Å². The molecule has 1 aliphatic carbocycles. The number of nitriles is 1. The smallest absolute Gasteiger partial charge is 0.175 e. The molecule has 7 heteroatoms. The van der Waals surface area contributed by atoms with Gasteiger partial charge in [-0.15, -0.1) is 0 Å². The molecule has 2 aromatic carbocycles. The highest BCUT2D eigenvalue weighted by atomic mass is 32.2. The molecule has 0 radical (unpaired) electrons. The molecule has 1 aromatic heterocycles. The molecule has 0 bridgehead atoms. The third-order valence-electron chi connectivity index (χ3n) is 6.02. The molecular weight excluding hydrogens is 420 g/mol. The quantitative estimate of drug-likeness (QED) is 0.500. The fourth-order valence-electron chi connectivity index (χ4n) is 4.26. The van der Waals surface area contributed by atoms with Crippen LogP contribution < -0.4 is 10.6 Å². The number of nitrogens with zero attached hydrogens (tertiary/aromatic N) is 2. The number of benzene rings is 2. The summed E-state index contributed by atoms with van der Waals surface area (Å²) in [5.41, 5.74) is 4.02. The Morgan fingerprint density at radius 3 is 2.59 bits per heavy atom. The Morgan fingerprint density at radius 2 is 1.88 bits per heavy atom. The summed E-state index contributed by atoms with van der Waals surface area (Å²) in [5.74, 6) is 0. The number of anilines is 2. The molecule has 0 aliphatic heterocycles. The first kappa shape index (κ1) is 22.1. The van der Waals surface area contributed by atoms with Gasteiger partial charge in [0, 0.05) is 36.1 Å². The maximum absolute atomic E-state index is 11.8. The van der Waals surface area contributed by atoms with E-state index in [9.17, 15) is 13.7 Å². The fraction of sp³-hybridized carbons (Fsp3) is 0.360. The predicted octanol–water partition coefficient (Wildman–Crippen LogP) is 5.26. The van der Waals surface area contributed by atoms with Crippen LogP contribution in [0.1, 0.15) is 49.7 Å². The Balaban J connectivity index is 1.60. The van der Waals surface area contributed by atoms with Crippen molar-refractivity contribution in [2.24, 2.45) is 0 Å². The second-order valence-corrected chi connectivity index (χ2v) is 10.5. The van der Waals surface area contributed by atoms with Crippen LogP contribution in [0, 0.1) is 11.3 Å². The van der Waals surface area contributed by atoms with E-state index in [1.54, 1.807) is 24.4 Å². The molecule has 1 heterocycles. The lowest BCUT2D eigenvalue weighted by Crippen LogP contribution is -2.19. The van der Waals surface area contributed by atoms with Gasteiger partial charge in [-0.2, -0.15) is 5.26 Å². The lowest BCUT2D eigenvalue weighted by molar-refractivity contribution is 0.601. The molecule has 0 amide bonds. The van der Waals surface area contributed by atoms with Crippen molar-refractivity contribution in [1.82, 2.24) is 4.98 Å². The van der Waals surface area contributed by atoms with Crippen LogP contribution in [0.3, 0.4) is 0 Å². The lowest BCUT2D eigenvalue weighted by atomic mass is 10.0. The molecular formula is C25H28N4O2S. The number of fused-ring (bicyclic) bond motifs is 1. The largest absolute Gasteiger partial charge is 0.381 e. The Hall–Kier alpha value is -3.11. The van der Waals surface area contributed by atoms with E-state index in [1.165, 1.54) is 31.9 Å². The minimum atomic E-state index is -3.24. The molecule has 1 fully saturated rings. The van der Waals surface area contributed by atoms with Crippen LogP contribution in [-0.4, -0.2) is 25.7 Å². The van der Waals surface area contributed by atoms with E-state index < -0.39 is 9.84 Å². The maximum atomic E-state index is 11.8. The zero-order valence-electron chi connectivity index (χ0n) is 18.3. The van der Waals surface area contributed by atoms with E-state index in [0.717, 1.165) is 40.7 Å². The summed E-state index contributed by atoms with van der Waals surface area (Å²) in [5, 5.41) is 17.6. The number of hydrogen-bond donors (Lipinski definition) is 2. The summed E-state index contributed by atoms with van der Waals surface area (Å²) in [7, 11) is -3.24. The van der Waals surface area contributed by atoms with Crippen molar-refractivity contribution in [3.63, 3.8) is 0 Å². The van der Waals surface area contributed by atoms with Gasteiger partial charge in [-0.25, -0.2) is 8.42 Å². The highest BCUT2D eigenvalue weighted by molar-refractivity contribution is 7.90. The number of rotatable bonds is 6. The van der Waals surface area contributed by atoms with Crippen LogP contribution in [0.2, 0.25) is 0 Å². The van der Waals surface area contributed by atoms with E-state index in [0.29, 0.717) is 23.0 Å². The molecule has 6 nitrogen and oxygen atoms in total. The molecule has 4 rings (SSSR count). The zero-order chi connectivity index (χ0) is 22.6. The predicted molar refractivity (Wildman–Crippen MR) is 128 cm³/mol. The van der Waals surface area contributed by atoms with Crippen molar-refractivity contribution < 1.29 is 8.42 Å². The average Bonchev–Trinajstić information content (AvgIpc) is 3.06. The summed E-state index contributed by atoms with van der Waals surface area (Å²) < 4.78 is 23.7. The fourth-order valence-corrected chi connectivity index (χ4v) is 4.95. The Kier molecular flexibility index (Phi) is 6.61. The van der Waals surface area contributed by atoms with Crippen molar-refractivity contribution in [2.45, 2.75) is 56.0 Å². The first-order valence-corrected chi connectivity index (χ1v) is 13.0. The van der Waals surface area contributed by atoms with E-state index in [4.69, 9.17) is 0 Å². The molecule has 1 saturated carbocycles. The van der Waals surface area contributed by atoms with Crippen molar-refractivity contribution >= 4 is 32.1 Å². The van der Waals surface area contributed by atoms with Gasteiger partial charge in [-0.3, -0.25) is 4.98 Å². The second kappa shape index (κ2) is 9.58.